The van der Waals surface area contributed by atoms with Crippen LogP contribution >= 0.6 is 0 Å². The smallest absolute Gasteiger partial charge is 0.173 e. The minimum Gasteiger partial charge on any atom is -0.457 e. The molecule has 134 valence electrons. The van der Waals surface area contributed by atoms with E-state index >= 15 is 0 Å². The van der Waals surface area contributed by atoms with Crippen LogP contribution < -0.4 is 4.74 Å². The van der Waals surface area contributed by atoms with Crippen molar-refractivity contribution in [1.29, 1.82) is 0 Å². The van der Waals surface area contributed by atoms with Crippen LogP contribution in [0.2, 0.25) is 0 Å². The zero-order valence-corrected chi connectivity index (χ0v) is 14.9. The third kappa shape index (κ3) is 3.48. The number of hydrogen-bond acceptors (Lipinski definition) is 4. The summed E-state index contributed by atoms with van der Waals surface area (Å²) in [5, 5.41) is 14.2. The Hall–Kier alpha value is -3.37. The lowest BCUT2D eigenvalue weighted by molar-refractivity contribution is 0.281. The third-order valence-electron chi connectivity index (χ3n) is 4.42. The normalized spacial score (nSPS) is 10.7. The first-order valence-electron chi connectivity index (χ1n) is 8.75. The molecule has 1 heterocycles. The van der Waals surface area contributed by atoms with Gasteiger partial charge >= 0.3 is 0 Å². The maximum absolute atomic E-state index is 9.97. The lowest BCUT2D eigenvalue weighted by Crippen LogP contribution is -1.91. The maximum atomic E-state index is 9.97. The van der Waals surface area contributed by atoms with Gasteiger partial charge in [-0.15, -0.1) is 0 Å². The van der Waals surface area contributed by atoms with Crippen molar-refractivity contribution in [2.24, 2.45) is 0 Å². The lowest BCUT2D eigenvalue weighted by Gasteiger charge is -2.07. The number of aliphatic hydroxyl groups is 1. The summed E-state index contributed by atoms with van der Waals surface area (Å²) >= 11 is 0. The van der Waals surface area contributed by atoms with Crippen LogP contribution in [0.4, 0.5) is 0 Å². The Balaban J connectivity index is 1.72. The molecule has 0 radical (unpaired) electrons. The zero-order chi connectivity index (χ0) is 18.6. The van der Waals surface area contributed by atoms with Gasteiger partial charge in [0, 0.05) is 11.1 Å². The van der Waals surface area contributed by atoms with Crippen LogP contribution in [0, 0.1) is 6.92 Å². The van der Waals surface area contributed by atoms with E-state index in [-0.39, 0.29) is 6.61 Å². The van der Waals surface area contributed by atoms with Crippen molar-refractivity contribution < 1.29 is 14.4 Å². The van der Waals surface area contributed by atoms with E-state index < -0.39 is 0 Å². The van der Waals surface area contributed by atoms with Crippen molar-refractivity contribution in [2.45, 2.75) is 13.5 Å². The van der Waals surface area contributed by atoms with Crippen LogP contribution in [0.15, 0.2) is 83.4 Å². The van der Waals surface area contributed by atoms with Gasteiger partial charge < -0.3 is 14.4 Å². The number of para-hydroxylation sites is 1. The van der Waals surface area contributed by atoms with Crippen LogP contribution in [0.25, 0.3) is 22.6 Å². The number of aliphatic hydroxyl groups excluding tert-OH is 1. The highest BCUT2D eigenvalue weighted by Gasteiger charge is 2.19. The topological polar surface area (TPSA) is 55.5 Å². The van der Waals surface area contributed by atoms with E-state index in [9.17, 15) is 5.11 Å². The molecule has 4 aromatic rings. The highest BCUT2D eigenvalue weighted by atomic mass is 16.5. The van der Waals surface area contributed by atoms with Gasteiger partial charge in [0.05, 0.1) is 12.2 Å². The molecule has 1 N–H and O–H groups in total. The highest BCUT2D eigenvalue weighted by Crippen LogP contribution is 2.35. The van der Waals surface area contributed by atoms with Crippen molar-refractivity contribution in [3.8, 4) is 34.1 Å². The number of aryl methyl sites for hydroxylation is 1. The summed E-state index contributed by atoms with van der Waals surface area (Å²) in [7, 11) is 0. The second-order valence-electron chi connectivity index (χ2n) is 6.25. The van der Waals surface area contributed by atoms with Gasteiger partial charge in [-0.1, -0.05) is 59.8 Å². The highest BCUT2D eigenvalue weighted by molar-refractivity contribution is 5.74. The van der Waals surface area contributed by atoms with E-state index in [0.29, 0.717) is 22.8 Å². The summed E-state index contributed by atoms with van der Waals surface area (Å²) in [6.45, 7) is 1.85. The molecule has 27 heavy (non-hydrogen) atoms. The van der Waals surface area contributed by atoms with Crippen LogP contribution in [-0.4, -0.2) is 10.3 Å². The Labute approximate surface area is 157 Å². The Kier molecular flexibility index (Phi) is 4.73. The van der Waals surface area contributed by atoms with Crippen molar-refractivity contribution >= 4 is 0 Å². The van der Waals surface area contributed by atoms with Crippen molar-refractivity contribution in [3.05, 3.63) is 90.0 Å². The molecule has 0 aliphatic heterocycles. The minimum atomic E-state index is -0.160. The Morgan fingerprint density at radius 3 is 2.41 bits per heavy atom. The Morgan fingerprint density at radius 1 is 0.889 bits per heavy atom. The molecule has 4 rings (SSSR count). The summed E-state index contributed by atoms with van der Waals surface area (Å²) in [6, 6.07) is 25.1. The van der Waals surface area contributed by atoms with Gasteiger partial charge in [0.2, 0.25) is 0 Å². The molecule has 0 aliphatic carbocycles. The summed E-state index contributed by atoms with van der Waals surface area (Å²) in [5.41, 5.74) is 4.11. The average Bonchev–Trinajstić information content (AvgIpc) is 3.13. The fourth-order valence-corrected chi connectivity index (χ4v) is 3.05. The molecule has 0 fully saturated rings. The first kappa shape index (κ1) is 17.1. The van der Waals surface area contributed by atoms with E-state index in [1.165, 1.54) is 0 Å². The molecular weight excluding hydrogens is 338 g/mol. The molecule has 4 heteroatoms. The van der Waals surface area contributed by atoms with E-state index in [0.717, 1.165) is 22.4 Å². The molecule has 4 nitrogen and oxygen atoms in total. The van der Waals surface area contributed by atoms with Crippen LogP contribution in [0.5, 0.6) is 11.5 Å². The van der Waals surface area contributed by atoms with Crippen LogP contribution in [0.3, 0.4) is 0 Å². The van der Waals surface area contributed by atoms with Gasteiger partial charge in [-0.25, -0.2) is 0 Å². The predicted octanol–water partition coefficient (Wildman–Crippen LogP) is 5.60. The zero-order valence-electron chi connectivity index (χ0n) is 14.9. The van der Waals surface area contributed by atoms with Gasteiger partial charge in [0.25, 0.3) is 0 Å². The van der Waals surface area contributed by atoms with E-state index in [1.54, 1.807) is 0 Å². The Bertz CT molecular complexity index is 1050. The molecule has 0 unspecified atom stereocenters. The largest absolute Gasteiger partial charge is 0.457 e. The number of nitrogens with zero attached hydrogens (tertiary/aromatic N) is 1. The molecule has 0 amide bonds. The second-order valence-corrected chi connectivity index (χ2v) is 6.25. The molecule has 0 saturated heterocycles. The van der Waals surface area contributed by atoms with Gasteiger partial charge in [0.15, 0.2) is 5.76 Å². The summed E-state index contributed by atoms with van der Waals surface area (Å²) < 4.78 is 11.5. The first-order chi connectivity index (χ1) is 13.3. The van der Waals surface area contributed by atoms with E-state index in [4.69, 9.17) is 9.26 Å². The molecule has 3 aromatic carbocycles. The van der Waals surface area contributed by atoms with E-state index in [2.05, 4.69) is 5.16 Å². The minimum absolute atomic E-state index is 0.160. The molecule has 0 aliphatic rings. The first-order valence-corrected chi connectivity index (χ1v) is 8.75. The number of ether oxygens (including phenoxy) is 1. The standard InChI is InChI=1S/C23H19NO3/c1-16-8-5-6-13-20(16)23-21(15-25)22(24-27-23)17-9-7-12-19(14-17)26-18-10-3-2-4-11-18/h2-14,25H,15H2,1H3. The number of benzene rings is 3. The second kappa shape index (κ2) is 7.48. The molecule has 0 bridgehead atoms. The van der Waals surface area contributed by atoms with Gasteiger partial charge in [-0.05, 0) is 36.8 Å². The summed E-state index contributed by atoms with van der Waals surface area (Å²) in [5.74, 6) is 2.06. The monoisotopic (exact) mass is 357 g/mol. The summed E-state index contributed by atoms with van der Waals surface area (Å²) in [6.07, 6.45) is 0. The average molecular weight is 357 g/mol. The molecule has 0 atom stereocenters. The molecule has 0 saturated carbocycles. The molecule has 1 aromatic heterocycles. The molecule has 0 spiro atoms. The maximum Gasteiger partial charge on any atom is 0.173 e. The quantitative estimate of drug-likeness (QED) is 0.505. The van der Waals surface area contributed by atoms with Crippen LogP contribution in [-0.2, 0) is 6.61 Å². The lowest BCUT2D eigenvalue weighted by atomic mass is 10.00. The fraction of sp³-hybridized carbons (Fsp3) is 0.0870. The number of aromatic nitrogens is 1. The van der Waals surface area contributed by atoms with Gasteiger partial charge in [-0.2, -0.15) is 0 Å². The van der Waals surface area contributed by atoms with Crippen molar-refractivity contribution in [1.82, 2.24) is 5.16 Å². The fourth-order valence-electron chi connectivity index (χ4n) is 3.05. The Morgan fingerprint density at radius 2 is 1.63 bits per heavy atom. The van der Waals surface area contributed by atoms with Crippen LogP contribution in [0.1, 0.15) is 11.1 Å². The predicted molar refractivity (Wildman–Crippen MR) is 105 cm³/mol. The number of hydrogen-bond donors (Lipinski definition) is 1. The van der Waals surface area contributed by atoms with Gasteiger partial charge in [0.1, 0.15) is 17.2 Å². The SMILES string of the molecule is Cc1ccccc1-c1onc(-c2cccc(Oc3ccccc3)c2)c1CO. The third-order valence-corrected chi connectivity index (χ3v) is 4.42. The van der Waals surface area contributed by atoms with E-state index in [1.807, 2.05) is 85.8 Å². The molecular formula is C23H19NO3. The summed E-state index contributed by atoms with van der Waals surface area (Å²) in [4.78, 5) is 0. The number of rotatable bonds is 5. The van der Waals surface area contributed by atoms with Crippen molar-refractivity contribution in [3.63, 3.8) is 0 Å². The van der Waals surface area contributed by atoms with Gasteiger partial charge in [-0.3, -0.25) is 0 Å². The van der Waals surface area contributed by atoms with Crippen molar-refractivity contribution in [2.75, 3.05) is 0 Å².